The summed E-state index contributed by atoms with van der Waals surface area (Å²) in [6.07, 6.45) is 1.16. The van der Waals surface area contributed by atoms with Crippen LogP contribution in [0.15, 0.2) is 30.5 Å². The van der Waals surface area contributed by atoms with Crippen molar-refractivity contribution in [2.24, 2.45) is 7.05 Å². The molecule has 2 N–H and O–H groups in total. The molecule has 0 aliphatic carbocycles. The van der Waals surface area contributed by atoms with Gasteiger partial charge in [0.15, 0.2) is 0 Å². The van der Waals surface area contributed by atoms with Crippen LogP contribution in [0, 0.1) is 10.1 Å². The number of nitrogens with zero attached hydrogens (tertiary/aromatic N) is 3. The molecule has 0 saturated heterocycles. The quantitative estimate of drug-likeness (QED) is 0.655. The van der Waals surface area contributed by atoms with E-state index in [4.69, 9.17) is 0 Å². The topological polar surface area (TPSA) is 119 Å². The lowest BCUT2D eigenvalue weighted by atomic mass is 10.2. The van der Waals surface area contributed by atoms with Crippen molar-refractivity contribution < 1.29 is 14.5 Å². The summed E-state index contributed by atoms with van der Waals surface area (Å²) in [6, 6.07) is 6.34. The Morgan fingerprint density at radius 3 is 2.23 bits per heavy atom. The standard InChI is InChI=1S/C13H13N5O4/c1-8(19)14-9-3-5-10(6-4-9)15-13(20)12-11(18(21)22)7-17(2)16-12/h3-7H,1-2H3,(H,14,19)(H,15,20). The van der Waals surface area contributed by atoms with Gasteiger partial charge < -0.3 is 10.6 Å². The van der Waals surface area contributed by atoms with Gasteiger partial charge in [0, 0.05) is 25.3 Å². The molecule has 0 aliphatic heterocycles. The lowest BCUT2D eigenvalue weighted by molar-refractivity contribution is -0.385. The van der Waals surface area contributed by atoms with Crippen molar-refractivity contribution in [3.63, 3.8) is 0 Å². The maximum Gasteiger partial charge on any atom is 0.320 e. The van der Waals surface area contributed by atoms with E-state index in [2.05, 4.69) is 15.7 Å². The van der Waals surface area contributed by atoms with Crippen molar-refractivity contribution >= 4 is 28.9 Å². The van der Waals surface area contributed by atoms with E-state index in [9.17, 15) is 19.7 Å². The fraction of sp³-hybridized carbons (Fsp3) is 0.154. The number of nitro groups is 1. The van der Waals surface area contributed by atoms with Crippen LogP contribution in [0.1, 0.15) is 17.4 Å². The Bertz CT molecular complexity index is 735. The minimum atomic E-state index is -0.681. The van der Waals surface area contributed by atoms with Gasteiger partial charge in [-0.15, -0.1) is 0 Å². The number of hydrogen-bond donors (Lipinski definition) is 2. The van der Waals surface area contributed by atoms with Crippen molar-refractivity contribution in [2.75, 3.05) is 10.6 Å². The Morgan fingerprint density at radius 1 is 1.18 bits per heavy atom. The average molecular weight is 303 g/mol. The fourth-order valence-corrected chi connectivity index (χ4v) is 1.80. The van der Waals surface area contributed by atoms with Crippen LogP contribution >= 0.6 is 0 Å². The summed E-state index contributed by atoms with van der Waals surface area (Å²) < 4.78 is 1.20. The zero-order valence-corrected chi connectivity index (χ0v) is 11.9. The summed E-state index contributed by atoms with van der Waals surface area (Å²) in [5, 5.41) is 19.8. The first kappa shape index (κ1) is 15.2. The molecule has 0 unspecified atom stereocenters. The van der Waals surface area contributed by atoms with Gasteiger partial charge >= 0.3 is 5.69 Å². The largest absolute Gasteiger partial charge is 0.326 e. The molecular formula is C13H13N5O4. The van der Waals surface area contributed by atoms with E-state index in [0.717, 1.165) is 6.20 Å². The highest BCUT2D eigenvalue weighted by Crippen LogP contribution is 2.19. The number of aromatic nitrogens is 2. The van der Waals surface area contributed by atoms with Gasteiger partial charge in [0.2, 0.25) is 11.6 Å². The molecule has 0 atom stereocenters. The normalized spacial score (nSPS) is 10.1. The van der Waals surface area contributed by atoms with Crippen LogP contribution in [0.2, 0.25) is 0 Å². The summed E-state index contributed by atoms with van der Waals surface area (Å²) in [4.78, 5) is 33.2. The van der Waals surface area contributed by atoms with Crippen LogP contribution in [0.3, 0.4) is 0 Å². The number of anilines is 2. The fourth-order valence-electron chi connectivity index (χ4n) is 1.80. The molecule has 1 aromatic heterocycles. The van der Waals surface area contributed by atoms with E-state index in [-0.39, 0.29) is 17.3 Å². The molecule has 9 heteroatoms. The Kier molecular flexibility index (Phi) is 4.16. The van der Waals surface area contributed by atoms with E-state index in [0.29, 0.717) is 11.4 Å². The zero-order valence-electron chi connectivity index (χ0n) is 11.9. The van der Waals surface area contributed by atoms with Crippen LogP contribution in [0.5, 0.6) is 0 Å². The van der Waals surface area contributed by atoms with Gasteiger partial charge in [0.25, 0.3) is 5.91 Å². The molecule has 1 heterocycles. The first-order valence-electron chi connectivity index (χ1n) is 6.24. The molecule has 0 aliphatic rings. The van der Waals surface area contributed by atoms with Crippen LogP contribution in [0.4, 0.5) is 17.1 Å². The molecule has 9 nitrogen and oxygen atoms in total. The molecule has 114 valence electrons. The van der Waals surface area contributed by atoms with E-state index >= 15 is 0 Å². The molecule has 0 fully saturated rings. The van der Waals surface area contributed by atoms with Gasteiger partial charge in [-0.05, 0) is 24.3 Å². The predicted molar refractivity (Wildman–Crippen MR) is 78.6 cm³/mol. The lowest BCUT2D eigenvalue weighted by Crippen LogP contribution is -2.14. The van der Waals surface area contributed by atoms with Gasteiger partial charge in [-0.2, -0.15) is 5.10 Å². The van der Waals surface area contributed by atoms with Crippen molar-refractivity contribution in [1.82, 2.24) is 9.78 Å². The highest BCUT2D eigenvalue weighted by atomic mass is 16.6. The second kappa shape index (κ2) is 6.04. The third kappa shape index (κ3) is 3.45. The minimum absolute atomic E-state index is 0.208. The molecular weight excluding hydrogens is 290 g/mol. The molecule has 2 amide bonds. The van der Waals surface area contributed by atoms with Gasteiger partial charge in [0.1, 0.15) is 6.20 Å². The summed E-state index contributed by atoms with van der Waals surface area (Å²) in [6.45, 7) is 1.38. The molecule has 22 heavy (non-hydrogen) atoms. The van der Waals surface area contributed by atoms with Crippen LogP contribution < -0.4 is 10.6 Å². The summed E-state index contributed by atoms with van der Waals surface area (Å²) in [7, 11) is 1.49. The van der Waals surface area contributed by atoms with Gasteiger partial charge in [0.05, 0.1) is 4.92 Å². The lowest BCUT2D eigenvalue weighted by Gasteiger charge is -2.05. The number of aryl methyl sites for hydroxylation is 1. The number of benzene rings is 1. The Balaban J connectivity index is 2.15. The number of rotatable bonds is 4. The average Bonchev–Trinajstić information content (AvgIpc) is 2.83. The number of carbonyl (C=O) groups is 2. The molecule has 1 aromatic carbocycles. The monoisotopic (exact) mass is 303 g/mol. The van der Waals surface area contributed by atoms with Crippen LogP contribution in [-0.2, 0) is 11.8 Å². The van der Waals surface area contributed by atoms with Crippen molar-refractivity contribution in [3.05, 3.63) is 46.3 Å². The van der Waals surface area contributed by atoms with Crippen LogP contribution in [0.25, 0.3) is 0 Å². The van der Waals surface area contributed by atoms with Crippen molar-refractivity contribution in [2.45, 2.75) is 6.92 Å². The third-order valence-corrected chi connectivity index (χ3v) is 2.68. The third-order valence-electron chi connectivity index (χ3n) is 2.68. The van der Waals surface area contributed by atoms with Gasteiger partial charge in [-0.3, -0.25) is 24.4 Å². The highest BCUT2D eigenvalue weighted by molar-refractivity contribution is 6.05. The maximum absolute atomic E-state index is 12.1. The Morgan fingerprint density at radius 2 is 1.73 bits per heavy atom. The summed E-state index contributed by atoms with van der Waals surface area (Å²) >= 11 is 0. The molecule has 0 spiro atoms. The summed E-state index contributed by atoms with van der Waals surface area (Å²) in [5.41, 5.74) is 0.377. The first-order chi connectivity index (χ1) is 10.4. The number of hydrogen-bond acceptors (Lipinski definition) is 5. The second-order valence-corrected chi connectivity index (χ2v) is 4.51. The van der Waals surface area contributed by atoms with E-state index in [1.165, 1.54) is 18.7 Å². The van der Waals surface area contributed by atoms with Crippen molar-refractivity contribution in [3.8, 4) is 0 Å². The zero-order chi connectivity index (χ0) is 16.3. The number of carbonyl (C=O) groups excluding carboxylic acids is 2. The smallest absolute Gasteiger partial charge is 0.320 e. The van der Waals surface area contributed by atoms with E-state index < -0.39 is 10.8 Å². The van der Waals surface area contributed by atoms with Gasteiger partial charge in [-0.25, -0.2) is 0 Å². The number of nitrogens with one attached hydrogen (secondary N) is 2. The SMILES string of the molecule is CC(=O)Nc1ccc(NC(=O)c2nn(C)cc2[N+](=O)[O-])cc1. The molecule has 0 saturated carbocycles. The Labute approximate surface area is 125 Å². The van der Waals surface area contributed by atoms with Crippen LogP contribution in [-0.4, -0.2) is 26.5 Å². The molecule has 0 radical (unpaired) electrons. The summed E-state index contributed by atoms with van der Waals surface area (Å²) in [5.74, 6) is -0.888. The number of amides is 2. The van der Waals surface area contributed by atoms with Gasteiger partial charge in [-0.1, -0.05) is 0 Å². The molecule has 2 rings (SSSR count). The Hall–Kier alpha value is -3.23. The first-order valence-corrected chi connectivity index (χ1v) is 6.24. The van der Waals surface area contributed by atoms with Crippen molar-refractivity contribution in [1.29, 1.82) is 0 Å². The predicted octanol–water partition coefficient (Wildman–Crippen LogP) is 1.54. The molecule has 2 aromatic rings. The maximum atomic E-state index is 12.1. The second-order valence-electron chi connectivity index (χ2n) is 4.51. The molecule has 0 bridgehead atoms. The van der Waals surface area contributed by atoms with E-state index in [1.54, 1.807) is 24.3 Å². The highest BCUT2D eigenvalue weighted by Gasteiger charge is 2.24. The van der Waals surface area contributed by atoms with E-state index in [1.807, 2.05) is 0 Å². The minimum Gasteiger partial charge on any atom is -0.326 e.